The van der Waals surface area contributed by atoms with Gasteiger partial charge in [-0.25, -0.2) is 0 Å². The maximum absolute atomic E-state index is 5.98. The third kappa shape index (κ3) is 2.56. The van der Waals surface area contributed by atoms with Gasteiger partial charge in [0.2, 0.25) is 0 Å². The van der Waals surface area contributed by atoms with E-state index in [1.165, 1.54) is 41.7 Å². The summed E-state index contributed by atoms with van der Waals surface area (Å²) in [6, 6.07) is 17.4. The lowest BCUT2D eigenvalue weighted by atomic mass is 9.83. The van der Waals surface area contributed by atoms with Crippen LogP contribution >= 0.6 is 11.8 Å². The Bertz CT molecular complexity index is 732. The fraction of sp³-hybridized carbons (Fsp3) is 0.300. The molecule has 112 valence electrons. The molecule has 0 fully saturated rings. The molecule has 0 saturated carbocycles. The van der Waals surface area contributed by atoms with Crippen LogP contribution in [0.15, 0.2) is 59.0 Å². The van der Waals surface area contributed by atoms with E-state index in [0.717, 1.165) is 12.1 Å². The third-order valence-electron chi connectivity index (χ3n) is 4.87. The molecule has 1 atom stereocenters. The van der Waals surface area contributed by atoms with Gasteiger partial charge in [-0.1, -0.05) is 42.0 Å². The zero-order chi connectivity index (χ0) is 14.9. The number of anilines is 1. The van der Waals surface area contributed by atoms with Gasteiger partial charge in [0, 0.05) is 17.4 Å². The molecule has 4 rings (SSSR count). The number of hydrogen-bond donors (Lipinski definition) is 1. The molecular formula is C20H21NS. The van der Waals surface area contributed by atoms with Crippen LogP contribution < -0.4 is 5.73 Å². The van der Waals surface area contributed by atoms with Gasteiger partial charge in [-0.15, -0.1) is 11.8 Å². The molecule has 0 aromatic heterocycles. The summed E-state index contributed by atoms with van der Waals surface area (Å²) in [5.41, 5.74) is 13.0. The lowest BCUT2D eigenvalue weighted by Crippen LogP contribution is -2.08. The summed E-state index contributed by atoms with van der Waals surface area (Å²) in [5, 5.41) is 0. The lowest BCUT2D eigenvalue weighted by molar-refractivity contribution is 0.756. The zero-order valence-electron chi connectivity index (χ0n) is 12.7. The van der Waals surface area contributed by atoms with Crippen LogP contribution in [0.2, 0.25) is 0 Å². The Hall–Kier alpha value is -1.67. The topological polar surface area (TPSA) is 26.0 Å². The summed E-state index contributed by atoms with van der Waals surface area (Å²) in [4.78, 5) is 1.66. The SMILES string of the molecule is Nc1cccc(CC2C3=C(CCc4ccccc42)SCC3)c1. The monoisotopic (exact) mass is 307 g/mol. The van der Waals surface area contributed by atoms with Gasteiger partial charge < -0.3 is 5.73 Å². The molecule has 2 aromatic rings. The van der Waals surface area contributed by atoms with Crippen molar-refractivity contribution < 1.29 is 0 Å². The smallest absolute Gasteiger partial charge is 0.0316 e. The van der Waals surface area contributed by atoms with E-state index in [1.807, 2.05) is 6.07 Å². The van der Waals surface area contributed by atoms with Crippen molar-refractivity contribution in [3.8, 4) is 0 Å². The Morgan fingerprint density at radius 1 is 1.00 bits per heavy atom. The highest BCUT2D eigenvalue weighted by atomic mass is 32.2. The second-order valence-electron chi connectivity index (χ2n) is 6.25. The van der Waals surface area contributed by atoms with E-state index in [2.05, 4.69) is 54.2 Å². The summed E-state index contributed by atoms with van der Waals surface area (Å²) in [6.07, 6.45) is 4.74. The molecule has 1 aliphatic carbocycles. The Morgan fingerprint density at radius 3 is 2.82 bits per heavy atom. The second kappa shape index (κ2) is 5.85. The average Bonchev–Trinajstić information content (AvgIpc) is 2.94. The number of aryl methyl sites for hydroxylation is 1. The van der Waals surface area contributed by atoms with Crippen molar-refractivity contribution in [2.45, 2.75) is 31.6 Å². The van der Waals surface area contributed by atoms with Crippen LogP contribution in [0.25, 0.3) is 0 Å². The Kier molecular flexibility index (Phi) is 3.71. The van der Waals surface area contributed by atoms with Crippen molar-refractivity contribution in [2.24, 2.45) is 0 Å². The van der Waals surface area contributed by atoms with Crippen LogP contribution in [0.4, 0.5) is 5.69 Å². The van der Waals surface area contributed by atoms with Gasteiger partial charge in [0.05, 0.1) is 0 Å². The number of rotatable bonds is 2. The first-order valence-corrected chi connectivity index (χ1v) is 9.07. The highest BCUT2D eigenvalue weighted by Gasteiger charge is 2.28. The first-order chi connectivity index (χ1) is 10.8. The molecule has 0 saturated heterocycles. The van der Waals surface area contributed by atoms with Crippen LogP contribution in [0.3, 0.4) is 0 Å². The van der Waals surface area contributed by atoms with Crippen LogP contribution in [0.1, 0.15) is 35.4 Å². The zero-order valence-corrected chi connectivity index (χ0v) is 13.5. The van der Waals surface area contributed by atoms with E-state index in [1.54, 1.807) is 10.5 Å². The molecule has 0 radical (unpaired) electrons. The van der Waals surface area contributed by atoms with E-state index < -0.39 is 0 Å². The fourth-order valence-electron chi connectivity index (χ4n) is 3.84. The number of benzene rings is 2. The number of fused-ring (bicyclic) bond motifs is 1. The molecule has 0 bridgehead atoms. The minimum absolute atomic E-state index is 0.533. The average molecular weight is 307 g/mol. The maximum Gasteiger partial charge on any atom is 0.0316 e. The van der Waals surface area contributed by atoms with E-state index in [4.69, 9.17) is 5.73 Å². The maximum atomic E-state index is 5.98. The summed E-state index contributed by atoms with van der Waals surface area (Å²) in [7, 11) is 0. The van der Waals surface area contributed by atoms with E-state index in [9.17, 15) is 0 Å². The number of allylic oxidation sites excluding steroid dienone is 2. The molecule has 0 amide bonds. The minimum Gasteiger partial charge on any atom is -0.399 e. The Morgan fingerprint density at radius 2 is 1.91 bits per heavy atom. The second-order valence-corrected chi connectivity index (χ2v) is 7.44. The molecule has 22 heavy (non-hydrogen) atoms. The van der Waals surface area contributed by atoms with Gasteiger partial charge in [-0.3, -0.25) is 0 Å². The first-order valence-electron chi connectivity index (χ1n) is 8.08. The summed E-state index contributed by atoms with van der Waals surface area (Å²) >= 11 is 2.08. The first kappa shape index (κ1) is 14.0. The van der Waals surface area contributed by atoms with Gasteiger partial charge in [0.25, 0.3) is 0 Å². The molecule has 2 heteroatoms. The lowest BCUT2D eigenvalue weighted by Gasteiger charge is -2.21. The standard InChI is InChI=1S/C20H21NS/c21-16-6-3-4-14(12-16)13-19-17-7-2-1-5-15(17)8-9-20-18(19)10-11-22-20/h1-7,12,19H,8-11,13,21H2. The van der Waals surface area contributed by atoms with Gasteiger partial charge in [-0.05, 0) is 59.4 Å². The quantitative estimate of drug-likeness (QED) is 0.796. The van der Waals surface area contributed by atoms with E-state index in [0.29, 0.717) is 5.92 Å². The molecule has 1 aliphatic heterocycles. The highest BCUT2D eigenvalue weighted by Crippen LogP contribution is 2.46. The molecule has 2 aliphatic rings. The van der Waals surface area contributed by atoms with Crippen molar-refractivity contribution in [1.29, 1.82) is 0 Å². The Balaban J connectivity index is 1.77. The molecule has 2 N–H and O–H groups in total. The van der Waals surface area contributed by atoms with Crippen LogP contribution in [0, 0.1) is 0 Å². The molecule has 1 heterocycles. The van der Waals surface area contributed by atoms with Crippen LogP contribution in [0.5, 0.6) is 0 Å². The van der Waals surface area contributed by atoms with E-state index >= 15 is 0 Å². The predicted octanol–water partition coefficient (Wildman–Crippen LogP) is 4.93. The Labute approximate surface area is 136 Å². The van der Waals surface area contributed by atoms with Crippen molar-refractivity contribution >= 4 is 17.4 Å². The number of thioether (sulfide) groups is 1. The van der Waals surface area contributed by atoms with Crippen LogP contribution in [-0.2, 0) is 12.8 Å². The van der Waals surface area contributed by atoms with E-state index in [-0.39, 0.29) is 0 Å². The molecule has 0 spiro atoms. The predicted molar refractivity (Wildman–Crippen MR) is 96.2 cm³/mol. The van der Waals surface area contributed by atoms with Gasteiger partial charge in [0.15, 0.2) is 0 Å². The number of hydrogen-bond acceptors (Lipinski definition) is 2. The minimum atomic E-state index is 0.533. The van der Waals surface area contributed by atoms with Crippen molar-refractivity contribution in [3.63, 3.8) is 0 Å². The van der Waals surface area contributed by atoms with Crippen LogP contribution in [-0.4, -0.2) is 5.75 Å². The van der Waals surface area contributed by atoms with Crippen molar-refractivity contribution in [2.75, 3.05) is 11.5 Å². The molecule has 1 nitrogen and oxygen atoms in total. The van der Waals surface area contributed by atoms with Gasteiger partial charge in [-0.2, -0.15) is 0 Å². The van der Waals surface area contributed by atoms with Gasteiger partial charge in [0.1, 0.15) is 0 Å². The normalized spacial score (nSPS) is 20.5. The van der Waals surface area contributed by atoms with Crippen molar-refractivity contribution in [1.82, 2.24) is 0 Å². The molecular weight excluding hydrogens is 286 g/mol. The van der Waals surface area contributed by atoms with Gasteiger partial charge >= 0.3 is 0 Å². The highest BCUT2D eigenvalue weighted by molar-refractivity contribution is 8.03. The number of nitrogen functional groups attached to an aromatic ring is 1. The summed E-state index contributed by atoms with van der Waals surface area (Å²) in [6.45, 7) is 0. The summed E-state index contributed by atoms with van der Waals surface area (Å²) < 4.78 is 0. The largest absolute Gasteiger partial charge is 0.399 e. The summed E-state index contributed by atoms with van der Waals surface area (Å²) in [5.74, 6) is 1.80. The van der Waals surface area contributed by atoms with Crippen molar-refractivity contribution in [3.05, 3.63) is 75.7 Å². The fourth-order valence-corrected chi connectivity index (χ4v) is 5.09. The molecule has 2 aromatic carbocycles. The third-order valence-corrected chi connectivity index (χ3v) is 6.09. The number of nitrogens with two attached hydrogens (primary N) is 1. The molecule has 1 unspecified atom stereocenters.